The minimum absolute atomic E-state index is 0.471. The van der Waals surface area contributed by atoms with Gasteiger partial charge in [0.2, 0.25) is 5.95 Å². The second kappa shape index (κ2) is 8.91. The van der Waals surface area contributed by atoms with Crippen molar-refractivity contribution in [3.63, 3.8) is 0 Å². The summed E-state index contributed by atoms with van der Waals surface area (Å²) >= 11 is 6.33. The van der Waals surface area contributed by atoms with Gasteiger partial charge in [-0.1, -0.05) is 44.7 Å². The van der Waals surface area contributed by atoms with Crippen molar-refractivity contribution < 1.29 is 0 Å². The topological polar surface area (TPSA) is 49.6 Å². The SMILES string of the molecule is CC(C)CN1CCCN(c2nc3cc(Cl)ccc3c3nnc(C4CCCCC4)n23)CC1. The van der Waals surface area contributed by atoms with E-state index in [1.807, 2.05) is 18.2 Å². The number of benzene rings is 1. The first-order valence-electron chi connectivity index (χ1n) is 11.9. The Morgan fingerprint density at radius 1 is 1.00 bits per heavy atom. The molecule has 1 aromatic carbocycles. The Balaban J connectivity index is 1.60. The standard InChI is InChI=1S/C24H33ClN6/c1-17(2)16-29-11-6-12-30(14-13-29)24-26-21-15-19(25)9-10-20(21)23-28-27-22(31(23)24)18-7-4-3-5-8-18/h9-10,15,17-18H,3-8,11-14,16H2,1-2H3. The molecule has 1 aliphatic heterocycles. The molecule has 31 heavy (non-hydrogen) atoms. The van der Waals surface area contributed by atoms with Crippen LogP contribution in [0, 0.1) is 5.92 Å². The third-order valence-corrected chi connectivity index (χ3v) is 7.01. The number of nitrogens with zero attached hydrogens (tertiary/aromatic N) is 6. The van der Waals surface area contributed by atoms with Crippen LogP contribution in [0.4, 0.5) is 5.95 Å². The zero-order valence-corrected chi connectivity index (χ0v) is 19.5. The van der Waals surface area contributed by atoms with Gasteiger partial charge in [0.05, 0.1) is 5.52 Å². The lowest BCUT2D eigenvalue weighted by Gasteiger charge is -2.26. The van der Waals surface area contributed by atoms with Crippen LogP contribution in [0.3, 0.4) is 0 Å². The van der Waals surface area contributed by atoms with Gasteiger partial charge in [-0.05, 0) is 49.9 Å². The molecule has 2 aromatic heterocycles. The van der Waals surface area contributed by atoms with E-state index in [0.717, 1.165) is 67.5 Å². The fourth-order valence-corrected chi connectivity index (χ4v) is 5.49. The second-order valence-electron chi connectivity index (χ2n) is 9.66. The Labute approximate surface area is 189 Å². The van der Waals surface area contributed by atoms with E-state index in [1.165, 1.54) is 32.1 Å². The highest BCUT2D eigenvalue weighted by atomic mass is 35.5. The number of rotatable bonds is 4. The normalized spacial score (nSPS) is 19.5. The summed E-state index contributed by atoms with van der Waals surface area (Å²) in [5.41, 5.74) is 1.82. The summed E-state index contributed by atoms with van der Waals surface area (Å²) in [4.78, 5) is 10.2. The number of hydrogen-bond donors (Lipinski definition) is 0. The maximum atomic E-state index is 6.33. The van der Waals surface area contributed by atoms with Crippen LogP contribution in [0.2, 0.25) is 5.02 Å². The van der Waals surface area contributed by atoms with Crippen molar-refractivity contribution in [2.75, 3.05) is 37.6 Å². The van der Waals surface area contributed by atoms with Crippen LogP contribution in [0.1, 0.15) is 64.1 Å². The van der Waals surface area contributed by atoms with Gasteiger partial charge in [0.15, 0.2) is 5.65 Å². The highest BCUT2D eigenvalue weighted by Crippen LogP contribution is 2.35. The molecule has 2 fully saturated rings. The van der Waals surface area contributed by atoms with Crippen molar-refractivity contribution in [1.82, 2.24) is 24.5 Å². The molecule has 0 amide bonds. The minimum Gasteiger partial charge on any atom is -0.341 e. The molecule has 1 saturated heterocycles. The largest absolute Gasteiger partial charge is 0.341 e. The molecule has 7 heteroatoms. The third-order valence-electron chi connectivity index (χ3n) is 6.77. The van der Waals surface area contributed by atoms with Gasteiger partial charge in [-0.2, -0.15) is 0 Å². The Kier molecular flexibility index (Phi) is 6.02. The van der Waals surface area contributed by atoms with Crippen molar-refractivity contribution in [3.8, 4) is 0 Å². The lowest BCUT2D eigenvalue weighted by molar-refractivity contribution is 0.261. The van der Waals surface area contributed by atoms with Crippen LogP contribution in [0.15, 0.2) is 18.2 Å². The Morgan fingerprint density at radius 2 is 1.84 bits per heavy atom. The number of hydrogen-bond acceptors (Lipinski definition) is 5. The van der Waals surface area contributed by atoms with Crippen molar-refractivity contribution in [2.24, 2.45) is 5.92 Å². The highest BCUT2D eigenvalue weighted by molar-refractivity contribution is 6.31. The first-order valence-corrected chi connectivity index (χ1v) is 12.3. The summed E-state index contributed by atoms with van der Waals surface area (Å²) < 4.78 is 2.27. The summed E-state index contributed by atoms with van der Waals surface area (Å²) in [5, 5.41) is 11.1. The van der Waals surface area contributed by atoms with Crippen molar-refractivity contribution in [1.29, 1.82) is 0 Å². The van der Waals surface area contributed by atoms with Crippen molar-refractivity contribution in [3.05, 3.63) is 29.0 Å². The van der Waals surface area contributed by atoms with Crippen LogP contribution in [0.5, 0.6) is 0 Å². The molecule has 0 spiro atoms. The fourth-order valence-electron chi connectivity index (χ4n) is 5.32. The monoisotopic (exact) mass is 440 g/mol. The minimum atomic E-state index is 0.471. The van der Waals surface area contributed by atoms with Gasteiger partial charge in [0.1, 0.15) is 5.82 Å². The van der Waals surface area contributed by atoms with Crippen LogP contribution in [-0.4, -0.2) is 57.2 Å². The van der Waals surface area contributed by atoms with Gasteiger partial charge < -0.3 is 9.80 Å². The van der Waals surface area contributed by atoms with E-state index in [0.29, 0.717) is 16.9 Å². The molecule has 6 nitrogen and oxygen atoms in total. The van der Waals surface area contributed by atoms with Gasteiger partial charge in [-0.15, -0.1) is 10.2 Å². The van der Waals surface area contributed by atoms with Gasteiger partial charge >= 0.3 is 0 Å². The summed E-state index contributed by atoms with van der Waals surface area (Å²) in [5.74, 6) is 3.24. The zero-order valence-electron chi connectivity index (χ0n) is 18.7. The first-order chi connectivity index (χ1) is 15.1. The van der Waals surface area contributed by atoms with Crippen LogP contribution in [0.25, 0.3) is 16.6 Å². The van der Waals surface area contributed by atoms with E-state index in [9.17, 15) is 0 Å². The molecule has 3 heterocycles. The lowest BCUT2D eigenvalue weighted by Crippen LogP contribution is -2.34. The van der Waals surface area contributed by atoms with E-state index in [1.54, 1.807) is 0 Å². The average Bonchev–Trinajstić information content (AvgIpc) is 3.08. The number of aromatic nitrogens is 4. The summed E-state index contributed by atoms with van der Waals surface area (Å²) in [6.07, 6.45) is 7.42. The molecule has 2 aliphatic rings. The molecule has 1 saturated carbocycles. The number of anilines is 1. The Bertz CT molecular complexity index is 1060. The lowest BCUT2D eigenvalue weighted by atomic mass is 9.89. The molecule has 0 unspecified atom stereocenters. The average molecular weight is 441 g/mol. The highest BCUT2D eigenvalue weighted by Gasteiger charge is 2.27. The van der Waals surface area contributed by atoms with Crippen LogP contribution >= 0.6 is 11.6 Å². The van der Waals surface area contributed by atoms with E-state index < -0.39 is 0 Å². The zero-order chi connectivity index (χ0) is 21.4. The van der Waals surface area contributed by atoms with Crippen molar-refractivity contribution >= 4 is 34.1 Å². The van der Waals surface area contributed by atoms with Crippen LogP contribution < -0.4 is 4.90 Å². The van der Waals surface area contributed by atoms with E-state index >= 15 is 0 Å². The molecule has 166 valence electrons. The molecule has 0 bridgehead atoms. The smallest absolute Gasteiger partial charge is 0.213 e. The molecule has 0 atom stereocenters. The molecule has 0 N–H and O–H groups in total. The first kappa shape index (κ1) is 21.0. The quantitative estimate of drug-likeness (QED) is 0.561. The number of fused-ring (bicyclic) bond motifs is 3. The number of halogens is 1. The maximum absolute atomic E-state index is 6.33. The molecule has 1 aliphatic carbocycles. The van der Waals surface area contributed by atoms with Crippen LogP contribution in [-0.2, 0) is 0 Å². The van der Waals surface area contributed by atoms with Gasteiger partial charge in [-0.25, -0.2) is 9.38 Å². The van der Waals surface area contributed by atoms with Crippen molar-refractivity contribution in [2.45, 2.75) is 58.3 Å². The molecule has 0 radical (unpaired) electrons. The maximum Gasteiger partial charge on any atom is 0.213 e. The summed E-state index contributed by atoms with van der Waals surface area (Å²) in [6, 6.07) is 5.92. The van der Waals surface area contributed by atoms with E-state index in [-0.39, 0.29) is 0 Å². The molecular weight excluding hydrogens is 408 g/mol. The summed E-state index contributed by atoms with van der Waals surface area (Å²) in [6.45, 7) is 9.95. The third kappa shape index (κ3) is 4.24. The molecule has 3 aromatic rings. The van der Waals surface area contributed by atoms with Gasteiger partial charge in [-0.3, -0.25) is 0 Å². The van der Waals surface area contributed by atoms with Gasteiger partial charge in [0, 0.05) is 42.5 Å². The summed E-state index contributed by atoms with van der Waals surface area (Å²) in [7, 11) is 0. The fraction of sp³-hybridized carbons (Fsp3) is 0.625. The predicted molar refractivity (Wildman–Crippen MR) is 127 cm³/mol. The predicted octanol–water partition coefficient (Wildman–Crippen LogP) is 5.15. The molecule has 5 rings (SSSR count). The van der Waals surface area contributed by atoms with Gasteiger partial charge in [0.25, 0.3) is 0 Å². The Morgan fingerprint density at radius 3 is 2.65 bits per heavy atom. The van der Waals surface area contributed by atoms with E-state index in [2.05, 4.69) is 33.1 Å². The Hall–Kier alpha value is -1.92. The van der Waals surface area contributed by atoms with E-state index in [4.69, 9.17) is 21.7 Å². The second-order valence-corrected chi connectivity index (χ2v) is 10.1. The molecular formula is C24H33ClN6.